The van der Waals surface area contributed by atoms with Gasteiger partial charge in [0.2, 0.25) is 0 Å². The Morgan fingerprint density at radius 2 is 1.90 bits per heavy atom. The van der Waals surface area contributed by atoms with Gasteiger partial charge in [-0.3, -0.25) is 0 Å². The zero-order chi connectivity index (χ0) is 13.7. The van der Waals surface area contributed by atoms with E-state index in [1.165, 1.54) is 25.7 Å². The second-order valence-corrected chi connectivity index (χ2v) is 7.00. The van der Waals surface area contributed by atoms with E-state index in [0.717, 1.165) is 23.7 Å². The highest BCUT2D eigenvalue weighted by Gasteiger charge is 2.49. The third-order valence-corrected chi connectivity index (χ3v) is 5.76. The molecule has 1 heterocycles. The van der Waals surface area contributed by atoms with Gasteiger partial charge in [0.1, 0.15) is 11.5 Å². The van der Waals surface area contributed by atoms with Crippen LogP contribution in [0, 0.1) is 11.8 Å². The molecule has 106 valence electrons. The number of hydrazine groups is 1. The van der Waals surface area contributed by atoms with Crippen LogP contribution >= 0.6 is 23.2 Å². The molecule has 0 saturated heterocycles. The van der Waals surface area contributed by atoms with Crippen molar-refractivity contribution in [1.82, 2.24) is 10.9 Å². The minimum atomic E-state index is -0.0946. The molecule has 0 unspecified atom stereocenters. The lowest BCUT2D eigenvalue weighted by atomic mass is 9.65. The van der Waals surface area contributed by atoms with Crippen LogP contribution in [0.3, 0.4) is 0 Å². The first-order chi connectivity index (χ1) is 9.66. The Kier molecular flexibility index (Phi) is 2.99. The van der Waals surface area contributed by atoms with Crippen molar-refractivity contribution in [2.24, 2.45) is 16.8 Å². The Hall–Kier alpha value is -0.770. The second-order valence-electron chi connectivity index (χ2n) is 6.19. The summed E-state index contributed by atoms with van der Waals surface area (Å²) in [4.78, 5) is 5.00. The zero-order valence-electron chi connectivity index (χ0n) is 11.1. The topological polar surface area (TPSA) is 36.4 Å². The molecule has 4 aliphatic rings. The van der Waals surface area contributed by atoms with Crippen molar-refractivity contribution in [3.8, 4) is 0 Å². The van der Waals surface area contributed by atoms with Gasteiger partial charge in [0.25, 0.3) is 0 Å². The minimum absolute atomic E-state index is 0.0946. The molecule has 5 rings (SSSR count). The van der Waals surface area contributed by atoms with E-state index in [0.29, 0.717) is 16.0 Å². The highest BCUT2D eigenvalue weighted by Crippen LogP contribution is 2.48. The highest BCUT2D eigenvalue weighted by molar-refractivity contribution is 6.42. The van der Waals surface area contributed by atoms with Gasteiger partial charge in [-0.2, -0.15) is 0 Å². The minimum Gasteiger partial charge on any atom is -0.303 e. The molecule has 5 heteroatoms. The largest absolute Gasteiger partial charge is 0.303 e. The van der Waals surface area contributed by atoms with E-state index in [1.54, 1.807) is 0 Å². The molecule has 3 saturated carbocycles. The summed E-state index contributed by atoms with van der Waals surface area (Å²) in [6.07, 6.45) is 6.46. The summed E-state index contributed by atoms with van der Waals surface area (Å²) in [5, 5.41) is 1.15. The number of aliphatic imine (C=N–C) groups is 1. The van der Waals surface area contributed by atoms with E-state index in [-0.39, 0.29) is 5.66 Å². The first-order valence-corrected chi connectivity index (χ1v) is 8.00. The lowest BCUT2D eigenvalue weighted by Gasteiger charge is -2.47. The van der Waals surface area contributed by atoms with Crippen LogP contribution in [0.1, 0.15) is 37.7 Å². The molecular weight excluding hydrogens is 293 g/mol. The number of benzene rings is 1. The molecule has 1 aromatic carbocycles. The summed E-state index contributed by atoms with van der Waals surface area (Å²) in [5.41, 5.74) is 7.62. The van der Waals surface area contributed by atoms with Crippen molar-refractivity contribution in [3.05, 3.63) is 33.8 Å². The van der Waals surface area contributed by atoms with Crippen LogP contribution in [-0.2, 0) is 0 Å². The van der Waals surface area contributed by atoms with Crippen molar-refractivity contribution in [1.29, 1.82) is 0 Å². The fourth-order valence-electron chi connectivity index (χ4n) is 3.94. The molecule has 0 aromatic heterocycles. The van der Waals surface area contributed by atoms with Gasteiger partial charge in [-0.1, -0.05) is 23.2 Å². The average Bonchev–Trinajstić information content (AvgIpc) is 2.87. The summed E-state index contributed by atoms with van der Waals surface area (Å²) in [6, 6.07) is 5.65. The quantitative estimate of drug-likeness (QED) is 0.829. The van der Waals surface area contributed by atoms with E-state index >= 15 is 0 Å². The SMILES string of the molecule is Clc1ccc(C2=N[C@@]3(CC4CCC3CC4)NN2)cc1Cl. The van der Waals surface area contributed by atoms with Crippen LogP contribution < -0.4 is 10.9 Å². The average molecular weight is 310 g/mol. The smallest absolute Gasteiger partial charge is 0.144 e. The van der Waals surface area contributed by atoms with E-state index in [1.807, 2.05) is 18.2 Å². The first kappa shape index (κ1) is 12.9. The van der Waals surface area contributed by atoms with Crippen LogP contribution in [0.25, 0.3) is 0 Å². The molecule has 20 heavy (non-hydrogen) atoms. The van der Waals surface area contributed by atoms with Crippen molar-refractivity contribution >= 4 is 29.0 Å². The van der Waals surface area contributed by atoms with E-state index < -0.39 is 0 Å². The Bertz CT molecular complexity index is 578. The molecule has 1 aromatic rings. The number of nitrogens with zero attached hydrogens (tertiary/aromatic N) is 1. The number of nitrogens with one attached hydrogen (secondary N) is 2. The van der Waals surface area contributed by atoms with E-state index in [2.05, 4.69) is 10.9 Å². The van der Waals surface area contributed by atoms with E-state index in [9.17, 15) is 0 Å². The molecule has 1 spiro atoms. The second kappa shape index (κ2) is 4.62. The van der Waals surface area contributed by atoms with Gasteiger partial charge in [0.15, 0.2) is 0 Å². The predicted molar refractivity (Wildman–Crippen MR) is 82.1 cm³/mol. The lowest BCUT2D eigenvalue weighted by Crippen LogP contribution is -2.56. The van der Waals surface area contributed by atoms with Crippen LogP contribution in [0.15, 0.2) is 23.2 Å². The standard InChI is InChI=1S/C15H17Cl2N3/c16-12-6-3-10(7-13(12)17)14-18-15(20-19-14)8-9-1-4-11(15)5-2-9/h3,6-7,9,11,20H,1-2,4-5,8H2,(H,18,19)/t9?,11?,15-/m0/s1. The third-order valence-electron chi connectivity index (χ3n) is 5.02. The molecule has 2 N–H and O–H groups in total. The Morgan fingerprint density at radius 3 is 2.55 bits per heavy atom. The number of hydrogen-bond donors (Lipinski definition) is 2. The van der Waals surface area contributed by atoms with Crippen LogP contribution in [0.2, 0.25) is 10.0 Å². The maximum absolute atomic E-state index is 6.10. The van der Waals surface area contributed by atoms with Gasteiger partial charge >= 0.3 is 0 Å². The molecule has 2 bridgehead atoms. The molecule has 0 amide bonds. The Morgan fingerprint density at radius 1 is 1.10 bits per heavy atom. The van der Waals surface area contributed by atoms with Gasteiger partial charge in [-0.15, -0.1) is 0 Å². The molecule has 1 aliphatic heterocycles. The van der Waals surface area contributed by atoms with Crippen molar-refractivity contribution in [2.75, 3.05) is 0 Å². The van der Waals surface area contributed by atoms with Gasteiger partial charge in [0, 0.05) is 5.56 Å². The van der Waals surface area contributed by atoms with Crippen molar-refractivity contribution in [3.63, 3.8) is 0 Å². The van der Waals surface area contributed by atoms with Crippen molar-refractivity contribution < 1.29 is 0 Å². The van der Waals surface area contributed by atoms with Gasteiger partial charge in [-0.25, -0.2) is 10.4 Å². The fraction of sp³-hybridized carbons (Fsp3) is 0.533. The zero-order valence-corrected chi connectivity index (χ0v) is 12.6. The van der Waals surface area contributed by atoms with Gasteiger partial charge in [0.05, 0.1) is 10.0 Å². The maximum atomic E-state index is 6.10. The lowest BCUT2D eigenvalue weighted by molar-refractivity contribution is 0.0506. The monoisotopic (exact) mass is 309 g/mol. The highest BCUT2D eigenvalue weighted by atomic mass is 35.5. The van der Waals surface area contributed by atoms with E-state index in [4.69, 9.17) is 28.2 Å². The first-order valence-electron chi connectivity index (χ1n) is 7.25. The predicted octanol–water partition coefficient (Wildman–Crippen LogP) is 3.75. The van der Waals surface area contributed by atoms with Gasteiger partial charge in [-0.05, 0) is 62.1 Å². The Labute approximate surface area is 128 Å². The summed E-state index contributed by atoms with van der Waals surface area (Å²) >= 11 is 12.1. The Balaban J connectivity index is 1.67. The van der Waals surface area contributed by atoms with Crippen LogP contribution in [0.4, 0.5) is 0 Å². The number of fused-ring (bicyclic) bond motifs is 2. The maximum Gasteiger partial charge on any atom is 0.144 e. The van der Waals surface area contributed by atoms with Crippen LogP contribution in [-0.4, -0.2) is 11.5 Å². The van der Waals surface area contributed by atoms with Crippen LogP contribution in [0.5, 0.6) is 0 Å². The summed E-state index contributed by atoms with van der Waals surface area (Å²) in [6.45, 7) is 0. The van der Waals surface area contributed by atoms with Gasteiger partial charge < -0.3 is 5.43 Å². The number of hydrogen-bond acceptors (Lipinski definition) is 3. The summed E-state index contributed by atoms with van der Waals surface area (Å²) in [7, 11) is 0. The molecule has 0 radical (unpaired) electrons. The normalized spacial score (nSPS) is 35.2. The third kappa shape index (κ3) is 1.95. The fourth-order valence-corrected chi connectivity index (χ4v) is 4.24. The molecule has 3 aliphatic carbocycles. The van der Waals surface area contributed by atoms with Crippen molar-refractivity contribution in [2.45, 2.75) is 37.8 Å². The summed E-state index contributed by atoms with van der Waals surface area (Å²) in [5.74, 6) is 2.36. The number of halogens is 2. The number of amidine groups is 1. The molecular formula is C15H17Cl2N3. The number of rotatable bonds is 1. The molecule has 3 fully saturated rings. The summed E-state index contributed by atoms with van der Waals surface area (Å²) < 4.78 is 0. The molecule has 3 nitrogen and oxygen atoms in total. The molecule has 1 atom stereocenters.